The number of aromatic nitrogens is 3. The van der Waals surface area contributed by atoms with E-state index in [0.717, 1.165) is 23.2 Å². The van der Waals surface area contributed by atoms with Gasteiger partial charge in [0.2, 0.25) is 0 Å². The van der Waals surface area contributed by atoms with E-state index < -0.39 is 17.8 Å². The monoisotopic (exact) mass is 431 g/mol. The largest absolute Gasteiger partial charge is 0.417 e. The number of nitrogens with two attached hydrogens (primary N) is 1. The van der Waals surface area contributed by atoms with Crippen LogP contribution >= 0.6 is 0 Å². The van der Waals surface area contributed by atoms with E-state index in [1.807, 2.05) is 19.9 Å². The molecular weight excluding hydrogens is 411 g/mol. The van der Waals surface area contributed by atoms with E-state index in [2.05, 4.69) is 15.0 Å². The van der Waals surface area contributed by atoms with Crippen LogP contribution in [0.1, 0.15) is 40.3 Å². The zero-order valence-corrected chi connectivity index (χ0v) is 16.8. The summed E-state index contributed by atoms with van der Waals surface area (Å²) in [5, 5.41) is 0.718. The normalized spacial score (nSPS) is 19.6. The minimum absolute atomic E-state index is 0.124. The molecule has 0 radical (unpaired) electrons. The summed E-state index contributed by atoms with van der Waals surface area (Å²) < 4.78 is 44.2. The fraction of sp³-hybridized carbons (Fsp3) is 0.333. The molecule has 3 aromatic rings. The molecule has 0 saturated carbocycles. The molecule has 10 heteroatoms. The Morgan fingerprint density at radius 2 is 1.97 bits per heavy atom. The van der Waals surface area contributed by atoms with Crippen LogP contribution in [0.2, 0.25) is 0 Å². The average Bonchev–Trinajstić information content (AvgIpc) is 2.73. The molecule has 2 unspecified atom stereocenters. The predicted molar refractivity (Wildman–Crippen MR) is 107 cm³/mol. The maximum absolute atomic E-state index is 13.4. The summed E-state index contributed by atoms with van der Waals surface area (Å²) in [7, 11) is 0. The first-order valence-electron chi connectivity index (χ1n) is 9.61. The van der Waals surface area contributed by atoms with Gasteiger partial charge < -0.3 is 15.4 Å². The summed E-state index contributed by atoms with van der Waals surface area (Å²) in [5.41, 5.74) is 6.85. The van der Waals surface area contributed by atoms with Crippen LogP contribution in [0, 0.1) is 6.92 Å². The number of hydrogen-bond donors (Lipinski definition) is 1. The molecule has 1 aliphatic heterocycles. The van der Waals surface area contributed by atoms with Crippen LogP contribution in [0.5, 0.6) is 0 Å². The van der Waals surface area contributed by atoms with Crippen LogP contribution in [0.15, 0.2) is 36.7 Å². The molecule has 2 atom stereocenters. The summed E-state index contributed by atoms with van der Waals surface area (Å²) in [6.45, 7) is 4.05. The van der Waals surface area contributed by atoms with Crippen molar-refractivity contribution >= 4 is 22.6 Å². The fourth-order valence-corrected chi connectivity index (χ4v) is 3.60. The van der Waals surface area contributed by atoms with E-state index in [1.54, 1.807) is 11.0 Å². The van der Waals surface area contributed by atoms with Gasteiger partial charge in [0.25, 0.3) is 5.91 Å². The summed E-state index contributed by atoms with van der Waals surface area (Å²) >= 11 is 0. The molecule has 4 rings (SSSR count). The minimum Gasteiger partial charge on any atom is -0.383 e. The van der Waals surface area contributed by atoms with Gasteiger partial charge in [-0.05, 0) is 43.7 Å². The Balaban J connectivity index is 1.69. The van der Waals surface area contributed by atoms with E-state index in [1.165, 1.54) is 12.3 Å². The topological polar surface area (TPSA) is 94.2 Å². The van der Waals surface area contributed by atoms with Crippen LogP contribution < -0.4 is 5.73 Å². The first-order chi connectivity index (χ1) is 14.6. The Hall–Kier alpha value is -3.27. The number of amides is 1. The Bertz CT molecular complexity index is 1130. The molecule has 162 valence electrons. The van der Waals surface area contributed by atoms with Crippen LogP contribution in [0.3, 0.4) is 0 Å². The lowest BCUT2D eigenvalue weighted by Gasteiger charge is -2.40. The fourth-order valence-electron chi connectivity index (χ4n) is 3.60. The second kappa shape index (κ2) is 7.77. The number of alkyl halides is 3. The number of carbonyl (C=O) groups excluding carboxylic acids is 1. The molecule has 0 spiro atoms. The molecule has 7 nitrogen and oxygen atoms in total. The van der Waals surface area contributed by atoms with Crippen molar-refractivity contribution in [2.24, 2.45) is 0 Å². The van der Waals surface area contributed by atoms with Crippen molar-refractivity contribution in [1.82, 2.24) is 19.9 Å². The third-order valence-electron chi connectivity index (χ3n) is 5.28. The van der Waals surface area contributed by atoms with E-state index in [-0.39, 0.29) is 24.2 Å². The van der Waals surface area contributed by atoms with Gasteiger partial charge in [0.15, 0.2) is 0 Å². The number of halogens is 3. The molecule has 31 heavy (non-hydrogen) atoms. The molecule has 3 aromatic heterocycles. The number of pyridine rings is 3. The number of nitrogens with zero attached hydrogens (tertiary/aromatic N) is 4. The van der Waals surface area contributed by atoms with Gasteiger partial charge in [-0.1, -0.05) is 0 Å². The first-order valence-corrected chi connectivity index (χ1v) is 9.61. The average molecular weight is 431 g/mol. The zero-order valence-electron chi connectivity index (χ0n) is 16.8. The number of anilines is 1. The molecule has 1 fully saturated rings. The molecule has 1 saturated heterocycles. The van der Waals surface area contributed by atoms with Crippen LogP contribution in [0.4, 0.5) is 19.0 Å². The summed E-state index contributed by atoms with van der Waals surface area (Å²) in [6, 6.07) is 4.74. The van der Waals surface area contributed by atoms with Gasteiger partial charge in [-0.2, -0.15) is 13.2 Å². The van der Waals surface area contributed by atoms with Gasteiger partial charge >= 0.3 is 6.18 Å². The van der Waals surface area contributed by atoms with Crippen molar-refractivity contribution in [2.75, 3.05) is 18.9 Å². The Morgan fingerprint density at radius 3 is 2.65 bits per heavy atom. The van der Waals surface area contributed by atoms with Gasteiger partial charge in [0.1, 0.15) is 11.5 Å². The van der Waals surface area contributed by atoms with E-state index in [0.29, 0.717) is 23.6 Å². The van der Waals surface area contributed by atoms with Crippen molar-refractivity contribution in [3.8, 4) is 0 Å². The molecule has 2 N–H and O–H groups in total. The van der Waals surface area contributed by atoms with Crippen LogP contribution in [-0.4, -0.2) is 45.0 Å². The first kappa shape index (κ1) is 21.0. The zero-order chi connectivity index (χ0) is 22.3. The predicted octanol–water partition coefficient (Wildman–Crippen LogP) is 3.54. The number of fused-ring (bicyclic) bond motifs is 1. The van der Waals surface area contributed by atoms with Crippen molar-refractivity contribution in [3.05, 3.63) is 59.2 Å². The number of hydrogen-bond acceptors (Lipinski definition) is 6. The summed E-state index contributed by atoms with van der Waals surface area (Å²) in [4.78, 5) is 27.4. The number of morpholine rings is 1. The number of rotatable bonds is 2. The van der Waals surface area contributed by atoms with Gasteiger partial charge in [-0.3, -0.25) is 9.78 Å². The molecule has 0 aromatic carbocycles. The highest BCUT2D eigenvalue weighted by Gasteiger charge is 2.36. The highest BCUT2D eigenvalue weighted by Crippen LogP contribution is 2.32. The number of carbonyl (C=O) groups is 1. The van der Waals surface area contributed by atoms with Gasteiger partial charge in [0.05, 0.1) is 48.3 Å². The highest BCUT2D eigenvalue weighted by molar-refractivity contribution is 5.96. The van der Waals surface area contributed by atoms with E-state index >= 15 is 0 Å². The maximum atomic E-state index is 13.4. The number of aryl methyl sites for hydroxylation is 1. The molecule has 0 bridgehead atoms. The third-order valence-corrected chi connectivity index (χ3v) is 5.28. The molecule has 4 heterocycles. The Morgan fingerprint density at radius 1 is 1.19 bits per heavy atom. The number of nitrogen functional groups attached to an aromatic ring is 1. The standard InChI is InChI=1S/C21H20F3N5O2/c1-11-5-13-6-16(27-8-17(13)28-19(11)25)20(30)29-12(2)9-31-10-18(29)15-4-3-14(7-26-15)21(22,23)24/h3-8,12,18H,9-10H2,1-2H3,(H2,25,28). The maximum Gasteiger partial charge on any atom is 0.417 e. The van der Waals surface area contributed by atoms with Crippen molar-refractivity contribution < 1.29 is 22.7 Å². The van der Waals surface area contributed by atoms with Gasteiger partial charge in [0, 0.05) is 11.6 Å². The molecule has 1 aliphatic rings. The quantitative estimate of drug-likeness (QED) is 0.667. The van der Waals surface area contributed by atoms with E-state index in [9.17, 15) is 18.0 Å². The lowest BCUT2D eigenvalue weighted by Crippen LogP contribution is -2.49. The molecule has 1 amide bonds. The second-order valence-electron chi connectivity index (χ2n) is 7.54. The smallest absolute Gasteiger partial charge is 0.383 e. The van der Waals surface area contributed by atoms with Crippen molar-refractivity contribution in [1.29, 1.82) is 0 Å². The lowest BCUT2D eigenvalue weighted by molar-refractivity contribution is -0.137. The van der Waals surface area contributed by atoms with Gasteiger partial charge in [-0.15, -0.1) is 0 Å². The third kappa shape index (κ3) is 4.02. The van der Waals surface area contributed by atoms with Crippen LogP contribution in [-0.2, 0) is 10.9 Å². The lowest BCUT2D eigenvalue weighted by atomic mass is 10.1. The Labute approximate surface area is 176 Å². The van der Waals surface area contributed by atoms with Crippen LogP contribution in [0.25, 0.3) is 10.9 Å². The van der Waals surface area contributed by atoms with Crippen molar-refractivity contribution in [3.63, 3.8) is 0 Å². The molecule has 0 aliphatic carbocycles. The SMILES string of the molecule is Cc1cc2cc(C(=O)N3C(C)COCC3c3ccc(C(F)(F)F)cn3)ncc2nc1N. The summed E-state index contributed by atoms with van der Waals surface area (Å²) in [5.74, 6) is 0.0301. The van der Waals surface area contributed by atoms with Gasteiger partial charge in [-0.25, -0.2) is 9.97 Å². The summed E-state index contributed by atoms with van der Waals surface area (Å²) in [6.07, 6.45) is -2.23. The number of ether oxygens (including phenoxy) is 1. The Kier molecular flexibility index (Phi) is 5.26. The van der Waals surface area contributed by atoms with E-state index in [4.69, 9.17) is 10.5 Å². The minimum atomic E-state index is -4.48. The second-order valence-corrected chi connectivity index (χ2v) is 7.54. The highest BCUT2D eigenvalue weighted by atomic mass is 19.4. The van der Waals surface area contributed by atoms with Crippen molar-refractivity contribution in [2.45, 2.75) is 32.1 Å². The molecular formula is C21H20F3N5O2.